The molecular formula is C30H37N7O5. The van der Waals surface area contributed by atoms with Gasteiger partial charge >= 0.3 is 0 Å². The Kier molecular flexibility index (Phi) is 10.0. The molecule has 2 heterocycles. The predicted molar refractivity (Wildman–Crippen MR) is 157 cm³/mol. The van der Waals surface area contributed by atoms with Crippen LogP contribution in [0.1, 0.15) is 32.3 Å². The third-order valence-electron chi connectivity index (χ3n) is 6.72. The molecule has 2 aromatic carbocycles. The van der Waals surface area contributed by atoms with Crippen molar-refractivity contribution < 1.29 is 23.9 Å². The van der Waals surface area contributed by atoms with Crippen molar-refractivity contribution in [1.82, 2.24) is 19.8 Å². The maximum atomic E-state index is 13.1. The van der Waals surface area contributed by atoms with E-state index in [1.807, 2.05) is 48.5 Å². The van der Waals surface area contributed by atoms with Gasteiger partial charge in [0, 0.05) is 18.4 Å². The zero-order valence-electron chi connectivity index (χ0n) is 23.8. The van der Waals surface area contributed by atoms with E-state index in [4.69, 9.17) is 10.5 Å². The number of imidazole rings is 1. The lowest BCUT2D eigenvalue weighted by Gasteiger charge is -2.24. The standard InChI is InChI=1S/C30H37N7O5/c1-30(2,31)29(41)34-23(19-42-18-21-10-5-3-6-11-21)27(39)35-25-16-36(20-32-25)17-26(38)37-15-9-14-24(37)28(40)33-22-12-7-4-8-13-22/h3-8,10-13,16,20,23-24H,9,14-15,17-19,31H2,1-2H3,(H,33,40)(H,34,41)(H,35,39). The van der Waals surface area contributed by atoms with Crippen LogP contribution in [0.4, 0.5) is 11.5 Å². The van der Waals surface area contributed by atoms with Crippen LogP contribution in [0.3, 0.4) is 0 Å². The predicted octanol–water partition coefficient (Wildman–Crippen LogP) is 1.89. The number of amides is 4. The van der Waals surface area contributed by atoms with E-state index in [0.717, 1.165) is 12.0 Å². The maximum absolute atomic E-state index is 13.1. The van der Waals surface area contributed by atoms with Gasteiger partial charge in [-0.3, -0.25) is 19.2 Å². The van der Waals surface area contributed by atoms with Crippen molar-refractivity contribution >= 4 is 35.1 Å². The smallest absolute Gasteiger partial charge is 0.250 e. The molecule has 0 aliphatic carbocycles. The van der Waals surface area contributed by atoms with Gasteiger partial charge in [-0.15, -0.1) is 0 Å². The molecule has 4 amide bonds. The summed E-state index contributed by atoms with van der Waals surface area (Å²) >= 11 is 0. The summed E-state index contributed by atoms with van der Waals surface area (Å²) in [4.78, 5) is 57.4. The fraction of sp³-hybridized carbons (Fsp3) is 0.367. The number of nitrogens with zero attached hydrogens (tertiary/aromatic N) is 3. The minimum atomic E-state index is -1.20. The van der Waals surface area contributed by atoms with E-state index in [0.29, 0.717) is 18.7 Å². The number of hydrogen-bond acceptors (Lipinski definition) is 7. The Morgan fingerprint density at radius 2 is 1.74 bits per heavy atom. The highest BCUT2D eigenvalue weighted by Crippen LogP contribution is 2.20. The highest BCUT2D eigenvalue weighted by atomic mass is 16.5. The monoisotopic (exact) mass is 575 g/mol. The molecule has 1 aromatic heterocycles. The van der Waals surface area contributed by atoms with Crippen LogP contribution < -0.4 is 21.7 Å². The van der Waals surface area contributed by atoms with Crippen molar-refractivity contribution in [2.45, 2.75) is 57.5 Å². The third kappa shape index (κ3) is 8.48. The molecule has 0 saturated carbocycles. The largest absolute Gasteiger partial charge is 0.374 e. The molecule has 0 radical (unpaired) electrons. The van der Waals surface area contributed by atoms with Crippen LogP contribution in [0.25, 0.3) is 0 Å². The Balaban J connectivity index is 1.34. The van der Waals surface area contributed by atoms with Crippen LogP contribution in [-0.4, -0.2) is 68.9 Å². The fourth-order valence-corrected chi connectivity index (χ4v) is 4.45. The maximum Gasteiger partial charge on any atom is 0.250 e. The van der Waals surface area contributed by atoms with E-state index in [-0.39, 0.29) is 37.4 Å². The summed E-state index contributed by atoms with van der Waals surface area (Å²) in [6.07, 6.45) is 4.24. The number of anilines is 2. The van der Waals surface area contributed by atoms with Gasteiger partial charge in [-0.2, -0.15) is 0 Å². The molecule has 12 nitrogen and oxygen atoms in total. The van der Waals surface area contributed by atoms with Gasteiger partial charge in [-0.25, -0.2) is 4.98 Å². The molecule has 5 N–H and O–H groups in total. The molecule has 2 atom stereocenters. The van der Waals surface area contributed by atoms with Gasteiger partial charge in [0.15, 0.2) is 5.82 Å². The van der Waals surface area contributed by atoms with Gasteiger partial charge in [0.2, 0.25) is 17.7 Å². The number of carbonyl (C=O) groups excluding carboxylic acids is 4. The molecule has 0 bridgehead atoms. The van der Waals surface area contributed by atoms with Crippen LogP contribution in [0.2, 0.25) is 0 Å². The summed E-state index contributed by atoms with van der Waals surface area (Å²) in [6.45, 7) is 3.66. The Labute approximate surface area is 244 Å². The normalized spacial score (nSPS) is 15.6. The van der Waals surface area contributed by atoms with E-state index in [2.05, 4.69) is 20.9 Å². The van der Waals surface area contributed by atoms with E-state index in [1.165, 1.54) is 30.9 Å². The van der Waals surface area contributed by atoms with Gasteiger partial charge < -0.3 is 35.9 Å². The molecule has 42 heavy (non-hydrogen) atoms. The Hall–Kier alpha value is -4.55. The molecule has 222 valence electrons. The number of rotatable bonds is 12. The molecule has 2 unspecified atom stereocenters. The lowest BCUT2D eigenvalue weighted by atomic mass is 10.1. The van der Waals surface area contributed by atoms with Gasteiger partial charge in [0.1, 0.15) is 18.6 Å². The van der Waals surface area contributed by atoms with Gasteiger partial charge in [-0.1, -0.05) is 48.5 Å². The number of likely N-dealkylation sites (tertiary alicyclic amines) is 1. The van der Waals surface area contributed by atoms with Gasteiger partial charge in [0.05, 0.1) is 25.1 Å². The number of para-hydroxylation sites is 1. The SMILES string of the molecule is CC(C)(N)C(=O)NC(COCc1ccccc1)C(=O)Nc1cn(CC(=O)N2CCCC2C(=O)Nc2ccccc2)cn1. The summed E-state index contributed by atoms with van der Waals surface area (Å²) in [5.74, 6) is -1.33. The molecule has 0 spiro atoms. The van der Waals surface area contributed by atoms with E-state index in [1.54, 1.807) is 17.0 Å². The van der Waals surface area contributed by atoms with Gasteiger partial charge in [-0.05, 0) is 44.4 Å². The Bertz CT molecular complexity index is 1370. The first-order valence-electron chi connectivity index (χ1n) is 13.8. The zero-order chi connectivity index (χ0) is 30.1. The summed E-state index contributed by atoms with van der Waals surface area (Å²) in [5, 5.41) is 8.18. The van der Waals surface area contributed by atoms with E-state index in [9.17, 15) is 19.2 Å². The number of aromatic nitrogens is 2. The molecule has 12 heteroatoms. The summed E-state index contributed by atoms with van der Waals surface area (Å²) in [7, 11) is 0. The van der Waals surface area contributed by atoms with Crippen molar-refractivity contribution in [3.63, 3.8) is 0 Å². The lowest BCUT2D eigenvalue weighted by molar-refractivity contribution is -0.137. The van der Waals surface area contributed by atoms with Crippen molar-refractivity contribution in [3.05, 3.63) is 78.8 Å². The molecular weight excluding hydrogens is 538 g/mol. The van der Waals surface area contributed by atoms with E-state index < -0.39 is 29.4 Å². The van der Waals surface area contributed by atoms with E-state index >= 15 is 0 Å². The molecule has 1 aliphatic heterocycles. The summed E-state index contributed by atoms with van der Waals surface area (Å²) < 4.78 is 7.24. The van der Waals surface area contributed by atoms with Crippen molar-refractivity contribution in [2.24, 2.45) is 5.73 Å². The minimum Gasteiger partial charge on any atom is -0.374 e. The second-order valence-corrected chi connectivity index (χ2v) is 10.8. The van der Waals surface area contributed by atoms with Crippen LogP contribution in [0.15, 0.2) is 73.2 Å². The van der Waals surface area contributed by atoms with Crippen LogP contribution in [0.5, 0.6) is 0 Å². The first-order valence-corrected chi connectivity index (χ1v) is 13.8. The molecule has 3 aromatic rings. The number of nitrogens with two attached hydrogens (primary N) is 1. The first kappa shape index (κ1) is 30.4. The quantitative estimate of drug-likeness (QED) is 0.256. The molecule has 4 rings (SSSR count). The second-order valence-electron chi connectivity index (χ2n) is 10.8. The van der Waals surface area contributed by atoms with Gasteiger partial charge in [0.25, 0.3) is 5.91 Å². The average molecular weight is 576 g/mol. The topological polar surface area (TPSA) is 161 Å². The van der Waals surface area contributed by atoms with Crippen molar-refractivity contribution in [1.29, 1.82) is 0 Å². The Morgan fingerprint density at radius 1 is 1.05 bits per heavy atom. The molecule has 1 fully saturated rings. The number of hydrogen-bond donors (Lipinski definition) is 4. The molecule has 1 saturated heterocycles. The first-order chi connectivity index (χ1) is 20.1. The number of nitrogens with one attached hydrogen (secondary N) is 3. The van der Waals surface area contributed by atoms with Crippen molar-refractivity contribution in [2.75, 3.05) is 23.8 Å². The third-order valence-corrected chi connectivity index (χ3v) is 6.72. The average Bonchev–Trinajstić information content (AvgIpc) is 3.63. The number of carbonyl (C=O) groups is 4. The number of benzene rings is 2. The van der Waals surface area contributed by atoms with Crippen molar-refractivity contribution in [3.8, 4) is 0 Å². The zero-order valence-corrected chi connectivity index (χ0v) is 23.8. The fourth-order valence-electron chi connectivity index (χ4n) is 4.45. The second kappa shape index (κ2) is 13.9. The molecule has 1 aliphatic rings. The lowest BCUT2D eigenvalue weighted by Crippen LogP contribution is -2.56. The minimum absolute atomic E-state index is 0.0559. The summed E-state index contributed by atoms with van der Waals surface area (Å²) in [5.41, 5.74) is 6.30. The Morgan fingerprint density at radius 3 is 2.43 bits per heavy atom. The van der Waals surface area contributed by atoms with Crippen LogP contribution in [-0.2, 0) is 37.1 Å². The highest BCUT2D eigenvalue weighted by Gasteiger charge is 2.34. The van der Waals surface area contributed by atoms with Crippen LogP contribution >= 0.6 is 0 Å². The summed E-state index contributed by atoms with van der Waals surface area (Å²) in [6, 6.07) is 16.9. The number of ether oxygens (including phenoxy) is 1. The van der Waals surface area contributed by atoms with Crippen LogP contribution in [0, 0.1) is 0 Å². The highest BCUT2D eigenvalue weighted by molar-refractivity contribution is 5.98.